The van der Waals surface area contributed by atoms with Crippen LogP contribution in [0.15, 0.2) is 42.5 Å². The molecule has 0 aliphatic heterocycles. The van der Waals surface area contributed by atoms with Crippen molar-refractivity contribution in [3.63, 3.8) is 0 Å². The van der Waals surface area contributed by atoms with Crippen molar-refractivity contribution in [1.29, 1.82) is 0 Å². The number of aliphatic carboxylic acids is 1. The van der Waals surface area contributed by atoms with Gasteiger partial charge < -0.3 is 5.11 Å². The Balaban J connectivity index is 2.32. The molecule has 2 rings (SSSR count). The maximum absolute atomic E-state index is 11.5. The van der Waals surface area contributed by atoms with Crippen molar-refractivity contribution in [2.24, 2.45) is 0 Å². The van der Waals surface area contributed by atoms with E-state index in [2.05, 4.69) is 0 Å². The highest BCUT2D eigenvalue weighted by atomic mass is 35.5. The Morgan fingerprint density at radius 2 is 1.80 bits per heavy atom. The van der Waals surface area contributed by atoms with E-state index < -0.39 is 11.9 Å². The van der Waals surface area contributed by atoms with E-state index in [1.807, 2.05) is 31.2 Å². The van der Waals surface area contributed by atoms with E-state index in [1.54, 1.807) is 18.2 Å². The van der Waals surface area contributed by atoms with Gasteiger partial charge in [0.15, 0.2) is 0 Å². The SMILES string of the molecule is Cc1ccc(C(Cc2cc(Cl)ccc2Cl)C(=O)O)cc1. The molecule has 4 heteroatoms. The maximum atomic E-state index is 11.5. The smallest absolute Gasteiger partial charge is 0.311 e. The monoisotopic (exact) mass is 308 g/mol. The summed E-state index contributed by atoms with van der Waals surface area (Å²) < 4.78 is 0. The Kier molecular flexibility index (Phi) is 4.69. The van der Waals surface area contributed by atoms with Crippen LogP contribution < -0.4 is 0 Å². The van der Waals surface area contributed by atoms with Crippen molar-refractivity contribution in [2.45, 2.75) is 19.3 Å². The second kappa shape index (κ2) is 6.29. The summed E-state index contributed by atoms with van der Waals surface area (Å²) in [6, 6.07) is 12.6. The first-order valence-corrected chi connectivity index (χ1v) is 6.96. The zero-order chi connectivity index (χ0) is 14.7. The Hall–Kier alpha value is -1.51. The highest BCUT2D eigenvalue weighted by Gasteiger charge is 2.21. The Morgan fingerprint density at radius 1 is 1.15 bits per heavy atom. The van der Waals surface area contributed by atoms with Crippen LogP contribution in [0, 0.1) is 6.92 Å². The lowest BCUT2D eigenvalue weighted by molar-refractivity contribution is -0.138. The van der Waals surface area contributed by atoms with Crippen molar-refractivity contribution in [1.82, 2.24) is 0 Å². The quantitative estimate of drug-likeness (QED) is 0.888. The van der Waals surface area contributed by atoms with Crippen LogP contribution in [0.25, 0.3) is 0 Å². The molecule has 0 radical (unpaired) electrons. The summed E-state index contributed by atoms with van der Waals surface area (Å²) in [6.07, 6.45) is 0.317. The van der Waals surface area contributed by atoms with Crippen LogP contribution in [-0.2, 0) is 11.2 Å². The lowest BCUT2D eigenvalue weighted by Gasteiger charge is -2.14. The summed E-state index contributed by atoms with van der Waals surface area (Å²) >= 11 is 12.0. The Bertz CT molecular complexity index is 621. The summed E-state index contributed by atoms with van der Waals surface area (Å²) in [5.74, 6) is -1.50. The number of carboxylic acids is 1. The number of aryl methyl sites for hydroxylation is 1. The van der Waals surface area contributed by atoms with Crippen molar-refractivity contribution in [2.75, 3.05) is 0 Å². The largest absolute Gasteiger partial charge is 0.481 e. The second-order valence-corrected chi connectivity index (χ2v) is 5.58. The topological polar surface area (TPSA) is 37.3 Å². The fraction of sp³-hybridized carbons (Fsp3) is 0.188. The van der Waals surface area contributed by atoms with Crippen LogP contribution >= 0.6 is 23.2 Å². The molecule has 0 aliphatic carbocycles. The standard InChI is InChI=1S/C16H14Cl2O2/c1-10-2-4-11(5-3-10)14(16(19)20)9-12-8-13(17)6-7-15(12)18/h2-8,14H,9H2,1H3,(H,19,20). The van der Waals surface area contributed by atoms with Crippen LogP contribution in [0.3, 0.4) is 0 Å². The molecule has 20 heavy (non-hydrogen) atoms. The fourth-order valence-corrected chi connectivity index (χ4v) is 2.46. The van der Waals surface area contributed by atoms with E-state index in [9.17, 15) is 9.90 Å². The van der Waals surface area contributed by atoms with Crippen LogP contribution in [0.5, 0.6) is 0 Å². The number of carboxylic acid groups (broad SMARTS) is 1. The van der Waals surface area contributed by atoms with Gasteiger partial charge >= 0.3 is 5.97 Å². The molecule has 0 saturated carbocycles. The third-order valence-electron chi connectivity index (χ3n) is 3.21. The molecule has 0 fully saturated rings. The van der Waals surface area contributed by atoms with Crippen molar-refractivity contribution in [3.8, 4) is 0 Å². The molecule has 104 valence electrons. The molecular formula is C16H14Cl2O2. The van der Waals surface area contributed by atoms with E-state index in [0.717, 1.165) is 16.7 Å². The molecule has 1 unspecified atom stereocenters. The second-order valence-electron chi connectivity index (χ2n) is 4.74. The summed E-state index contributed by atoms with van der Waals surface area (Å²) in [6.45, 7) is 1.97. The summed E-state index contributed by atoms with van der Waals surface area (Å²) in [5.41, 5.74) is 2.60. The zero-order valence-corrected chi connectivity index (χ0v) is 12.4. The van der Waals surface area contributed by atoms with Crippen molar-refractivity contribution < 1.29 is 9.90 Å². The number of rotatable bonds is 4. The van der Waals surface area contributed by atoms with Crippen molar-refractivity contribution in [3.05, 3.63) is 69.2 Å². The van der Waals surface area contributed by atoms with Gasteiger partial charge in [-0.1, -0.05) is 53.0 Å². The first-order valence-electron chi connectivity index (χ1n) is 6.20. The average molecular weight is 309 g/mol. The molecule has 2 nitrogen and oxygen atoms in total. The fourth-order valence-electron chi connectivity index (χ4n) is 2.07. The van der Waals surface area contributed by atoms with Gasteiger partial charge in [0.2, 0.25) is 0 Å². The first-order chi connectivity index (χ1) is 9.47. The van der Waals surface area contributed by atoms with E-state index in [0.29, 0.717) is 16.5 Å². The van der Waals surface area contributed by atoms with E-state index in [1.165, 1.54) is 0 Å². The van der Waals surface area contributed by atoms with Gasteiger partial charge in [0.05, 0.1) is 5.92 Å². The van der Waals surface area contributed by atoms with E-state index >= 15 is 0 Å². The van der Waals surface area contributed by atoms with Crippen LogP contribution in [-0.4, -0.2) is 11.1 Å². The van der Waals surface area contributed by atoms with Gasteiger partial charge in [-0.15, -0.1) is 0 Å². The van der Waals surface area contributed by atoms with Gasteiger partial charge in [0.1, 0.15) is 0 Å². The zero-order valence-electron chi connectivity index (χ0n) is 10.9. The molecule has 0 aromatic heterocycles. The maximum Gasteiger partial charge on any atom is 0.311 e. The number of benzene rings is 2. The molecule has 2 aromatic rings. The van der Waals surface area contributed by atoms with Gasteiger partial charge in [-0.3, -0.25) is 4.79 Å². The van der Waals surface area contributed by atoms with Crippen LogP contribution in [0.2, 0.25) is 10.0 Å². The molecular weight excluding hydrogens is 295 g/mol. The predicted molar refractivity (Wildman–Crippen MR) is 81.7 cm³/mol. The van der Waals surface area contributed by atoms with Crippen LogP contribution in [0.4, 0.5) is 0 Å². The molecule has 0 amide bonds. The summed E-state index contributed by atoms with van der Waals surface area (Å²) in [5, 5.41) is 10.5. The summed E-state index contributed by atoms with van der Waals surface area (Å²) in [7, 11) is 0. The van der Waals surface area contributed by atoms with Gasteiger partial charge in [-0.25, -0.2) is 0 Å². The molecule has 0 bridgehead atoms. The molecule has 2 aromatic carbocycles. The minimum absolute atomic E-state index is 0.317. The summed E-state index contributed by atoms with van der Waals surface area (Å²) in [4.78, 5) is 11.5. The van der Waals surface area contributed by atoms with Gasteiger partial charge in [-0.05, 0) is 42.7 Å². The normalized spacial score (nSPS) is 12.2. The minimum Gasteiger partial charge on any atom is -0.481 e. The third-order valence-corrected chi connectivity index (χ3v) is 3.81. The van der Waals surface area contributed by atoms with Gasteiger partial charge in [-0.2, -0.15) is 0 Å². The molecule has 0 spiro atoms. The number of halogens is 2. The highest BCUT2D eigenvalue weighted by molar-refractivity contribution is 6.33. The number of carbonyl (C=O) groups is 1. The number of hydrogen-bond acceptors (Lipinski definition) is 1. The molecule has 0 heterocycles. The molecule has 1 atom stereocenters. The average Bonchev–Trinajstić information content (AvgIpc) is 2.40. The predicted octanol–water partition coefficient (Wildman–Crippen LogP) is 4.71. The molecule has 0 saturated heterocycles. The lowest BCUT2D eigenvalue weighted by atomic mass is 9.91. The highest BCUT2D eigenvalue weighted by Crippen LogP contribution is 2.28. The van der Waals surface area contributed by atoms with Crippen molar-refractivity contribution >= 4 is 29.2 Å². The van der Waals surface area contributed by atoms with E-state index in [-0.39, 0.29) is 0 Å². The van der Waals surface area contributed by atoms with Gasteiger partial charge in [0.25, 0.3) is 0 Å². The third kappa shape index (κ3) is 3.53. The number of hydrogen-bond donors (Lipinski definition) is 1. The van der Waals surface area contributed by atoms with Crippen LogP contribution in [0.1, 0.15) is 22.6 Å². The van der Waals surface area contributed by atoms with Gasteiger partial charge in [0, 0.05) is 10.0 Å². The van der Waals surface area contributed by atoms with E-state index in [4.69, 9.17) is 23.2 Å². The molecule has 0 aliphatic rings. The Morgan fingerprint density at radius 3 is 2.40 bits per heavy atom. The Labute approximate surface area is 128 Å². The first kappa shape index (κ1) is 14.9. The lowest BCUT2D eigenvalue weighted by Crippen LogP contribution is -2.14. The minimum atomic E-state index is -0.870. The molecule has 1 N–H and O–H groups in total.